The number of aryl methyl sites for hydroxylation is 2. The third-order valence-corrected chi connectivity index (χ3v) is 5.10. The molecule has 0 spiro atoms. The Morgan fingerprint density at radius 1 is 1.00 bits per heavy atom. The summed E-state index contributed by atoms with van der Waals surface area (Å²) >= 11 is 0. The molecule has 0 saturated carbocycles. The number of pyridine rings is 1. The quantitative estimate of drug-likeness (QED) is 0.747. The summed E-state index contributed by atoms with van der Waals surface area (Å²) in [5.74, 6) is 0.00261. The number of benzene rings is 1. The highest BCUT2D eigenvalue weighted by atomic mass is 16.1. The molecule has 3 aromatic rings. The lowest BCUT2D eigenvalue weighted by Gasteiger charge is -2.11. The van der Waals surface area contributed by atoms with Gasteiger partial charge in [0.2, 0.25) is 0 Å². The van der Waals surface area contributed by atoms with E-state index in [-0.39, 0.29) is 5.91 Å². The van der Waals surface area contributed by atoms with Crippen LogP contribution < -0.4 is 5.32 Å². The van der Waals surface area contributed by atoms with Gasteiger partial charge in [-0.15, -0.1) is 0 Å². The van der Waals surface area contributed by atoms with Crippen molar-refractivity contribution >= 4 is 5.91 Å². The maximum absolute atomic E-state index is 12.0. The largest absolute Gasteiger partial charge is 0.358 e. The van der Waals surface area contributed by atoms with E-state index in [4.69, 9.17) is 0 Å². The second-order valence-corrected chi connectivity index (χ2v) is 6.75. The first-order valence-corrected chi connectivity index (χ1v) is 8.57. The van der Waals surface area contributed by atoms with Crippen LogP contribution in [0.5, 0.6) is 0 Å². The van der Waals surface area contributed by atoms with Gasteiger partial charge in [-0.1, -0.05) is 0 Å². The van der Waals surface area contributed by atoms with Crippen molar-refractivity contribution in [3.63, 3.8) is 0 Å². The number of nitrogens with one attached hydrogen (secondary N) is 2. The topological polar surface area (TPSA) is 57.8 Å². The minimum atomic E-state index is 0.00261. The molecule has 1 aliphatic rings. The fourth-order valence-corrected chi connectivity index (χ4v) is 3.39. The van der Waals surface area contributed by atoms with Gasteiger partial charge in [-0.05, 0) is 67.8 Å². The lowest BCUT2D eigenvalue weighted by Crippen LogP contribution is -2.31. The number of fused-ring (bicyclic) bond motifs is 1. The summed E-state index contributed by atoms with van der Waals surface area (Å²) in [4.78, 5) is 19.9. The van der Waals surface area contributed by atoms with Crippen molar-refractivity contribution in [1.29, 1.82) is 0 Å². The molecule has 4 heteroatoms. The van der Waals surface area contributed by atoms with Crippen LogP contribution in [0.1, 0.15) is 32.7 Å². The number of aromatic amines is 1. The van der Waals surface area contributed by atoms with Crippen LogP contribution in [0.25, 0.3) is 22.5 Å². The molecule has 0 bridgehead atoms. The number of hydrogen-bond donors (Lipinski definition) is 2. The van der Waals surface area contributed by atoms with E-state index in [1.807, 2.05) is 18.3 Å². The first-order chi connectivity index (χ1) is 12.0. The molecule has 0 radical (unpaired) electrons. The molecule has 0 saturated heterocycles. The number of nitrogens with zero attached hydrogens (tertiary/aromatic N) is 1. The Balaban J connectivity index is 1.77. The van der Waals surface area contributed by atoms with Gasteiger partial charge in [-0.25, -0.2) is 0 Å². The lowest BCUT2D eigenvalue weighted by molar-refractivity contribution is 0.0946. The van der Waals surface area contributed by atoms with E-state index in [1.54, 1.807) is 0 Å². The summed E-state index contributed by atoms with van der Waals surface area (Å²) in [6.45, 7) is 7.10. The molecule has 4 rings (SSSR count). The van der Waals surface area contributed by atoms with E-state index in [9.17, 15) is 4.79 Å². The van der Waals surface area contributed by atoms with Gasteiger partial charge in [0.15, 0.2) is 0 Å². The highest BCUT2D eigenvalue weighted by Gasteiger charge is 2.20. The molecule has 126 valence electrons. The minimum absolute atomic E-state index is 0.00261. The first-order valence-electron chi connectivity index (χ1n) is 8.57. The van der Waals surface area contributed by atoms with Crippen LogP contribution in [-0.2, 0) is 6.42 Å². The number of amides is 1. The number of H-pyrrole nitrogens is 1. The van der Waals surface area contributed by atoms with E-state index in [2.05, 4.69) is 54.3 Å². The SMILES string of the molecule is Cc1cc(-c2cc(-c3cc4c([nH]3)CCNC4=O)ccn2)cc(C)c1C. The van der Waals surface area contributed by atoms with Crippen molar-refractivity contribution < 1.29 is 4.79 Å². The van der Waals surface area contributed by atoms with Gasteiger partial charge in [0.05, 0.1) is 11.3 Å². The summed E-state index contributed by atoms with van der Waals surface area (Å²) in [6, 6.07) is 10.4. The molecular formula is C21H21N3O. The van der Waals surface area contributed by atoms with Gasteiger partial charge in [0, 0.05) is 41.7 Å². The average Bonchev–Trinajstić information content (AvgIpc) is 3.05. The summed E-state index contributed by atoms with van der Waals surface area (Å²) in [7, 11) is 0. The zero-order valence-corrected chi connectivity index (χ0v) is 14.7. The summed E-state index contributed by atoms with van der Waals surface area (Å²) in [5.41, 5.74) is 9.71. The molecule has 0 fully saturated rings. The Hall–Kier alpha value is -2.88. The molecule has 25 heavy (non-hydrogen) atoms. The molecule has 1 aliphatic heterocycles. The van der Waals surface area contributed by atoms with E-state index in [1.165, 1.54) is 16.7 Å². The Labute approximate surface area is 147 Å². The monoisotopic (exact) mass is 331 g/mol. The molecule has 0 aliphatic carbocycles. The van der Waals surface area contributed by atoms with E-state index >= 15 is 0 Å². The highest BCUT2D eigenvalue weighted by molar-refractivity contribution is 5.97. The summed E-state index contributed by atoms with van der Waals surface area (Å²) in [5, 5.41) is 2.89. The number of aromatic nitrogens is 2. The van der Waals surface area contributed by atoms with Crippen LogP contribution in [0.15, 0.2) is 36.5 Å². The van der Waals surface area contributed by atoms with Gasteiger partial charge in [0.1, 0.15) is 0 Å². The minimum Gasteiger partial charge on any atom is -0.358 e. The number of carbonyl (C=O) groups is 1. The van der Waals surface area contributed by atoms with Crippen molar-refractivity contribution in [2.45, 2.75) is 27.2 Å². The van der Waals surface area contributed by atoms with Crippen LogP contribution in [0.4, 0.5) is 0 Å². The van der Waals surface area contributed by atoms with Gasteiger partial charge in [-0.2, -0.15) is 0 Å². The van der Waals surface area contributed by atoms with E-state index in [0.717, 1.165) is 40.2 Å². The third-order valence-electron chi connectivity index (χ3n) is 5.10. The third kappa shape index (κ3) is 2.74. The molecule has 3 heterocycles. The Morgan fingerprint density at radius 2 is 1.76 bits per heavy atom. The molecule has 0 atom stereocenters. The maximum Gasteiger partial charge on any atom is 0.253 e. The van der Waals surface area contributed by atoms with Gasteiger partial charge in [0.25, 0.3) is 5.91 Å². The fraction of sp³-hybridized carbons (Fsp3) is 0.238. The van der Waals surface area contributed by atoms with Crippen LogP contribution in [0, 0.1) is 20.8 Å². The molecule has 1 aromatic carbocycles. The molecule has 2 N–H and O–H groups in total. The number of carbonyl (C=O) groups excluding carboxylic acids is 1. The van der Waals surface area contributed by atoms with E-state index < -0.39 is 0 Å². The van der Waals surface area contributed by atoms with Crippen molar-refractivity contribution in [2.75, 3.05) is 6.54 Å². The van der Waals surface area contributed by atoms with Gasteiger partial charge in [-0.3, -0.25) is 9.78 Å². The maximum atomic E-state index is 12.0. The van der Waals surface area contributed by atoms with Crippen LogP contribution in [-0.4, -0.2) is 22.4 Å². The number of hydrogen-bond acceptors (Lipinski definition) is 2. The molecular weight excluding hydrogens is 310 g/mol. The molecule has 2 aromatic heterocycles. The average molecular weight is 331 g/mol. The Bertz CT molecular complexity index is 962. The fourth-order valence-electron chi connectivity index (χ4n) is 3.39. The molecule has 4 nitrogen and oxygen atoms in total. The standard InChI is InChI=1S/C21H21N3O/c1-12-8-16(9-13(2)14(12)3)19-10-15(4-6-22-19)20-11-17-18(24-20)5-7-23-21(17)25/h4,6,8-11,24H,5,7H2,1-3H3,(H,23,25). The highest BCUT2D eigenvalue weighted by Crippen LogP contribution is 2.28. The normalized spacial score (nSPS) is 13.5. The van der Waals surface area contributed by atoms with Crippen LogP contribution in [0.2, 0.25) is 0 Å². The summed E-state index contributed by atoms with van der Waals surface area (Å²) in [6.07, 6.45) is 2.67. The van der Waals surface area contributed by atoms with Crippen molar-refractivity contribution in [3.8, 4) is 22.5 Å². The second kappa shape index (κ2) is 5.88. The van der Waals surface area contributed by atoms with Gasteiger partial charge < -0.3 is 10.3 Å². The second-order valence-electron chi connectivity index (χ2n) is 6.75. The zero-order chi connectivity index (χ0) is 17.6. The van der Waals surface area contributed by atoms with Crippen molar-refractivity contribution in [3.05, 3.63) is 64.5 Å². The predicted octanol–water partition coefficient (Wildman–Crippen LogP) is 3.95. The smallest absolute Gasteiger partial charge is 0.253 e. The van der Waals surface area contributed by atoms with Crippen LogP contribution >= 0.6 is 0 Å². The van der Waals surface area contributed by atoms with Crippen molar-refractivity contribution in [2.24, 2.45) is 0 Å². The summed E-state index contributed by atoms with van der Waals surface area (Å²) < 4.78 is 0. The number of rotatable bonds is 2. The van der Waals surface area contributed by atoms with Crippen molar-refractivity contribution in [1.82, 2.24) is 15.3 Å². The Morgan fingerprint density at radius 3 is 2.48 bits per heavy atom. The Kier molecular flexibility index (Phi) is 3.68. The predicted molar refractivity (Wildman–Crippen MR) is 99.7 cm³/mol. The molecule has 1 amide bonds. The lowest BCUT2D eigenvalue weighted by atomic mass is 9.98. The van der Waals surface area contributed by atoms with Gasteiger partial charge >= 0.3 is 0 Å². The zero-order valence-electron chi connectivity index (χ0n) is 14.7. The van der Waals surface area contributed by atoms with E-state index in [0.29, 0.717) is 6.54 Å². The van der Waals surface area contributed by atoms with Crippen LogP contribution in [0.3, 0.4) is 0 Å². The molecule has 0 unspecified atom stereocenters. The first kappa shape index (κ1) is 15.6.